The maximum Gasteiger partial charge on any atom is 0.434 e. The maximum absolute atomic E-state index is 12.9. The number of carboxylic acids is 1. The Bertz CT molecular complexity index is 763. The van der Waals surface area contributed by atoms with Crippen molar-refractivity contribution in [1.82, 2.24) is 4.98 Å². The molecule has 0 amide bonds. The fourth-order valence-corrected chi connectivity index (χ4v) is 2.36. The predicted molar refractivity (Wildman–Crippen MR) is 76.7 cm³/mol. The lowest BCUT2D eigenvalue weighted by molar-refractivity contribution is -0.141. The predicted octanol–water partition coefficient (Wildman–Crippen LogP) is 5.43. The summed E-state index contributed by atoms with van der Waals surface area (Å²) in [5.74, 6) is -1.73. The average molecular weight is 371 g/mol. The number of benzene rings is 1. The van der Waals surface area contributed by atoms with Gasteiger partial charge < -0.3 is 5.11 Å². The molecule has 3 nitrogen and oxygen atoms in total. The van der Waals surface area contributed by atoms with E-state index < -0.39 is 23.4 Å². The summed E-state index contributed by atoms with van der Waals surface area (Å²) in [7, 11) is 0. The second-order valence-electron chi connectivity index (χ2n) is 4.14. The normalized spacial score (nSPS) is 11.5. The molecule has 0 saturated heterocycles. The van der Waals surface area contributed by atoms with E-state index in [-0.39, 0.29) is 26.3 Å². The van der Waals surface area contributed by atoms with Crippen molar-refractivity contribution >= 4 is 40.8 Å². The van der Waals surface area contributed by atoms with Gasteiger partial charge in [-0.05, 0) is 24.3 Å². The molecule has 0 saturated carbocycles. The number of aromatic carboxylic acids is 1. The van der Waals surface area contributed by atoms with Gasteiger partial charge in [0.25, 0.3) is 0 Å². The summed E-state index contributed by atoms with van der Waals surface area (Å²) in [6.45, 7) is 0. The van der Waals surface area contributed by atoms with Crippen molar-refractivity contribution in [2.75, 3.05) is 0 Å². The lowest BCUT2D eigenvalue weighted by Crippen LogP contribution is -2.15. The molecule has 1 N–H and O–H groups in total. The number of hydrogen-bond donors (Lipinski definition) is 1. The number of carbonyl (C=O) groups is 1. The summed E-state index contributed by atoms with van der Waals surface area (Å²) in [5, 5.41) is 9.08. The van der Waals surface area contributed by atoms with Crippen LogP contribution in [0.1, 0.15) is 16.1 Å². The third-order valence-electron chi connectivity index (χ3n) is 2.68. The van der Waals surface area contributed by atoms with Crippen molar-refractivity contribution in [1.29, 1.82) is 0 Å². The van der Waals surface area contributed by atoms with Gasteiger partial charge in [-0.2, -0.15) is 13.2 Å². The van der Waals surface area contributed by atoms with E-state index in [4.69, 9.17) is 39.9 Å². The molecule has 1 heterocycles. The van der Waals surface area contributed by atoms with Gasteiger partial charge in [-0.1, -0.05) is 34.8 Å². The highest BCUT2D eigenvalue weighted by Crippen LogP contribution is 2.37. The van der Waals surface area contributed by atoms with Crippen LogP contribution in [0.15, 0.2) is 24.3 Å². The first-order chi connectivity index (χ1) is 10.1. The van der Waals surface area contributed by atoms with Crippen LogP contribution in [0.5, 0.6) is 0 Å². The fraction of sp³-hybridized carbons (Fsp3) is 0.0769. The number of alkyl halides is 3. The van der Waals surface area contributed by atoms with E-state index >= 15 is 0 Å². The number of halogens is 6. The largest absolute Gasteiger partial charge is 0.478 e. The smallest absolute Gasteiger partial charge is 0.434 e. The molecule has 0 unspecified atom stereocenters. The summed E-state index contributed by atoms with van der Waals surface area (Å²) in [6.07, 6.45) is -4.92. The number of aromatic nitrogens is 1. The van der Waals surface area contributed by atoms with E-state index in [1.165, 1.54) is 12.1 Å². The molecule has 22 heavy (non-hydrogen) atoms. The first kappa shape index (κ1) is 16.9. The third kappa shape index (κ3) is 3.29. The Labute approximate surface area is 137 Å². The van der Waals surface area contributed by atoms with Gasteiger partial charge in [0.2, 0.25) is 0 Å². The molecule has 0 atom stereocenters. The first-order valence-corrected chi connectivity index (χ1v) is 6.71. The quantitative estimate of drug-likeness (QED) is 0.718. The zero-order valence-electron chi connectivity index (χ0n) is 10.4. The van der Waals surface area contributed by atoms with Gasteiger partial charge in [-0.25, -0.2) is 9.78 Å². The zero-order valence-corrected chi connectivity index (χ0v) is 12.6. The molecule has 2 aromatic rings. The van der Waals surface area contributed by atoms with Crippen LogP contribution in [0.3, 0.4) is 0 Å². The Morgan fingerprint density at radius 3 is 2.18 bits per heavy atom. The molecule has 1 aromatic heterocycles. The first-order valence-electron chi connectivity index (χ1n) is 5.57. The number of hydrogen-bond acceptors (Lipinski definition) is 2. The van der Waals surface area contributed by atoms with Crippen LogP contribution in [-0.2, 0) is 6.18 Å². The topological polar surface area (TPSA) is 50.2 Å². The van der Waals surface area contributed by atoms with Crippen LogP contribution in [0.2, 0.25) is 15.1 Å². The van der Waals surface area contributed by atoms with Crippen molar-refractivity contribution < 1.29 is 23.1 Å². The molecule has 116 valence electrons. The lowest BCUT2D eigenvalue weighted by atomic mass is 10.1. The number of rotatable bonds is 2. The van der Waals surface area contributed by atoms with Crippen LogP contribution >= 0.6 is 34.8 Å². The Morgan fingerprint density at radius 1 is 1.05 bits per heavy atom. The van der Waals surface area contributed by atoms with Crippen LogP contribution in [-0.4, -0.2) is 16.1 Å². The molecule has 0 spiro atoms. The molecular formula is C13H5Cl3F3NO2. The highest BCUT2D eigenvalue weighted by Gasteiger charge is 2.37. The van der Waals surface area contributed by atoms with Gasteiger partial charge in [0, 0.05) is 5.56 Å². The zero-order chi connectivity index (χ0) is 16.7. The fourth-order valence-electron chi connectivity index (χ4n) is 1.72. The van der Waals surface area contributed by atoms with E-state index in [0.29, 0.717) is 0 Å². The Kier molecular flexibility index (Phi) is 4.56. The highest BCUT2D eigenvalue weighted by molar-refractivity contribution is 6.44. The molecule has 0 aliphatic heterocycles. The Balaban J connectivity index is 2.69. The second kappa shape index (κ2) is 5.95. The molecule has 0 radical (unpaired) electrons. The summed E-state index contributed by atoms with van der Waals surface area (Å²) in [5.41, 5.74) is -2.52. The van der Waals surface area contributed by atoms with Crippen molar-refractivity contribution in [3.63, 3.8) is 0 Å². The molecule has 0 bridgehead atoms. The van der Waals surface area contributed by atoms with Gasteiger partial charge in [-0.3, -0.25) is 0 Å². The van der Waals surface area contributed by atoms with Crippen LogP contribution in [0, 0.1) is 0 Å². The van der Waals surface area contributed by atoms with E-state index in [1.54, 1.807) is 0 Å². The van der Waals surface area contributed by atoms with Gasteiger partial charge in [0.1, 0.15) is 0 Å². The molecule has 1 aromatic carbocycles. The molecule has 2 rings (SSSR count). The molecule has 0 aliphatic carbocycles. The van der Waals surface area contributed by atoms with Gasteiger partial charge in [0.05, 0.1) is 26.3 Å². The minimum Gasteiger partial charge on any atom is -0.478 e. The Morgan fingerprint density at radius 2 is 1.64 bits per heavy atom. The van der Waals surface area contributed by atoms with Crippen molar-refractivity contribution in [3.05, 3.63) is 50.6 Å². The standard InChI is InChI=1S/C13H5Cl3F3NO2/c14-7-4-9(16)8(15)3-6(7)10-2-1-5(12(21)22)11(20-10)13(17,18)19/h1-4H,(H,21,22). The second-order valence-corrected chi connectivity index (χ2v) is 5.36. The van der Waals surface area contributed by atoms with Gasteiger partial charge >= 0.3 is 12.1 Å². The van der Waals surface area contributed by atoms with E-state index in [1.807, 2.05) is 0 Å². The minimum absolute atomic E-state index is 0.0399. The number of nitrogens with zero attached hydrogens (tertiary/aromatic N) is 1. The number of carboxylic acid groups (broad SMARTS) is 1. The maximum atomic E-state index is 12.9. The van der Waals surface area contributed by atoms with Crippen molar-refractivity contribution in [3.8, 4) is 11.3 Å². The lowest BCUT2D eigenvalue weighted by Gasteiger charge is -2.12. The highest BCUT2D eigenvalue weighted by atomic mass is 35.5. The molecular weight excluding hydrogens is 366 g/mol. The molecule has 9 heteroatoms. The summed E-state index contributed by atoms with van der Waals surface area (Å²) >= 11 is 17.5. The van der Waals surface area contributed by atoms with Crippen LogP contribution in [0.4, 0.5) is 13.2 Å². The number of pyridine rings is 1. The van der Waals surface area contributed by atoms with E-state index in [9.17, 15) is 18.0 Å². The third-order valence-corrected chi connectivity index (χ3v) is 3.71. The molecule has 0 aliphatic rings. The van der Waals surface area contributed by atoms with Crippen molar-refractivity contribution in [2.45, 2.75) is 6.18 Å². The SMILES string of the molecule is O=C(O)c1ccc(-c2cc(Cl)c(Cl)cc2Cl)nc1C(F)(F)F. The van der Waals surface area contributed by atoms with Crippen LogP contribution < -0.4 is 0 Å². The van der Waals surface area contributed by atoms with Crippen LogP contribution in [0.25, 0.3) is 11.3 Å². The summed E-state index contributed by atoms with van der Waals surface area (Å²) in [4.78, 5) is 14.3. The minimum atomic E-state index is -4.92. The summed E-state index contributed by atoms with van der Waals surface area (Å²) in [6, 6.07) is 4.45. The molecule has 0 fully saturated rings. The van der Waals surface area contributed by atoms with E-state index in [0.717, 1.165) is 12.1 Å². The van der Waals surface area contributed by atoms with Gasteiger partial charge in [-0.15, -0.1) is 0 Å². The average Bonchev–Trinajstić information content (AvgIpc) is 2.41. The monoisotopic (exact) mass is 369 g/mol. The summed E-state index contributed by atoms with van der Waals surface area (Å²) < 4.78 is 38.8. The van der Waals surface area contributed by atoms with Gasteiger partial charge in [0.15, 0.2) is 5.69 Å². The van der Waals surface area contributed by atoms with E-state index in [2.05, 4.69) is 4.98 Å². The Hall–Kier alpha value is -1.50. The van der Waals surface area contributed by atoms with Crippen molar-refractivity contribution in [2.24, 2.45) is 0 Å².